The molecule has 212 valence electrons. The van der Waals surface area contributed by atoms with E-state index in [9.17, 15) is 27.9 Å². The number of hydrogen-bond acceptors (Lipinski definition) is 7. The van der Waals surface area contributed by atoms with Crippen molar-refractivity contribution in [2.24, 2.45) is 5.73 Å². The van der Waals surface area contributed by atoms with Gasteiger partial charge in [0, 0.05) is 10.6 Å². The summed E-state index contributed by atoms with van der Waals surface area (Å²) in [5.41, 5.74) is 4.61. The number of primary amides is 1. The molecule has 4 aromatic rings. The molecule has 0 saturated heterocycles. The highest BCUT2D eigenvalue weighted by atomic mass is 35.5. The Morgan fingerprint density at radius 1 is 1.10 bits per heavy atom. The third-order valence-electron chi connectivity index (χ3n) is 5.53. The number of benzene rings is 2. The van der Waals surface area contributed by atoms with Crippen molar-refractivity contribution in [3.63, 3.8) is 0 Å². The molecule has 0 spiro atoms. The zero-order chi connectivity index (χ0) is 29.4. The standard InChI is InChI=1S/C23H19Cl3F3N7O4/c1-11(40-21(30)38)19-31-17(32-36(19)18-14(25)3-2-4-15(18)26)10-35-22(39)34(9-16(37)23(27,28)29)20(33-35)12-5-7-13(24)8-6-12/h2-8,11,16,37H,9-10H2,1H3,(H2,30,38)/t11-,16-/m0/s1. The van der Waals surface area contributed by atoms with Gasteiger partial charge in [-0.3, -0.25) is 4.57 Å². The van der Waals surface area contributed by atoms with E-state index in [1.807, 2.05) is 0 Å². The van der Waals surface area contributed by atoms with E-state index in [-0.39, 0.29) is 38.8 Å². The lowest BCUT2D eigenvalue weighted by atomic mass is 10.2. The minimum atomic E-state index is -4.99. The van der Waals surface area contributed by atoms with Crippen LogP contribution in [0, 0.1) is 0 Å². The van der Waals surface area contributed by atoms with E-state index in [4.69, 9.17) is 45.3 Å². The minimum absolute atomic E-state index is 0.0294. The van der Waals surface area contributed by atoms with Gasteiger partial charge in [-0.2, -0.15) is 13.2 Å². The van der Waals surface area contributed by atoms with Crippen molar-refractivity contribution in [2.75, 3.05) is 0 Å². The van der Waals surface area contributed by atoms with E-state index in [0.29, 0.717) is 9.59 Å². The van der Waals surface area contributed by atoms with Gasteiger partial charge < -0.3 is 15.6 Å². The molecule has 0 saturated carbocycles. The van der Waals surface area contributed by atoms with Gasteiger partial charge in [-0.1, -0.05) is 40.9 Å². The van der Waals surface area contributed by atoms with E-state index in [0.717, 1.165) is 4.68 Å². The Labute approximate surface area is 238 Å². The van der Waals surface area contributed by atoms with Gasteiger partial charge in [0.1, 0.15) is 12.2 Å². The van der Waals surface area contributed by atoms with Crippen molar-refractivity contribution in [1.29, 1.82) is 0 Å². The number of carbonyl (C=O) groups excluding carboxylic acids is 1. The molecule has 0 aliphatic rings. The number of hydrogen-bond donors (Lipinski definition) is 2. The van der Waals surface area contributed by atoms with Crippen LogP contribution in [0.4, 0.5) is 18.0 Å². The number of aromatic nitrogens is 6. The molecule has 0 unspecified atom stereocenters. The SMILES string of the molecule is C[C@H](OC(N)=O)c1nc(Cn2nc(-c3ccc(Cl)cc3)n(C[C@H](O)C(F)(F)F)c2=O)nn1-c1c(Cl)cccc1Cl. The Kier molecular flexibility index (Phi) is 8.44. The van der Waals surface area contributed by atoms with Crippen LogP contribution in [0.1, 0.15) is 24.7 Å². The molecule has 0 aliphatic heterocycles. The molecular formula is C23H19Cl3F3N7O4. The topological polar surface area (TPSA) is 143 Å². The van der Waals surface area contributed by atoms with Gasteiger partial charge in [0.25, 0.3) is 0 Å². The summed E-state index contributed by atoms with van der Waals surface area (Å²) < 4.78 is 47.2. The van der Waals surface area contributed by atoms with Crippen LogP contribution >= 0.6 is 34.8 Å². The van der Waals surface area contributed by atoms with E-state index in [1.54, 1.807) is 6.07 Å². The number of halogens is 6. The highest BCUT2D eigenvalue weighted by Gasteiger charge is 2.39. The number of amides is 1. The lowest BCUT2D eigenvalue weighted by molar-refractivity contribution is -0.207. The van der Waals surface area contributed by atoms with Crippen molar-refractivity contribution in [3.8, 4) is 17.1 Å². The number of para-hydroxylation sites is 1. The maximum atomic E-state index is 13.2. The summed E-state index contributed by atoms with van der Waals surface area (Å²) in [5.74, 6) is -0.192. The molecule has 2 aromatic carbocycles. The van der Waals surface area contributed by atoms with Crippen molar-refractivity contribution in [1.82, 2.24) is 29.1 Å². The maximum absolute atomic E-state index is 13.2. The molecule has 0 fully saturated rings. The summed E-state index contributed by atoms with van der Waals surface area (Å²) >= 11 is 18.6. The Hall–Kier alpha value is -3.59. The number of nitrogens with two attached hydrogens (primary N) is 1. The summed E-state index contributed by atoms with van der Waals surface area (Å²) in [4.78, 5) is 28.9. The summed E-state index contributed by atoms with van der Waals surface area (Å²) in [6, 6.07) is 10.5. The largest absolute Gasteiger partial charge is 0.438 e. The fraction of sp³-hybridized carbons (Fsp3) is 0.261. The third-order valence-corrected chi connectivity index (χ3v) is 6.39. The van der Waals surface area contributed by atoms with Crippen molar-refractivity contribution >= 4 is 40.9 Å². The Bertz CT molecular complexity index is 1580. The molecule has 2 heterocycles. The second-order valence-corrected chi connectivity index (χ2v) is 9.64. The minimum Gasteiger partial charge on any atom is -0.438 e. The fourth-order valence-electron chi connectivity index (χ4n) is 3.71. The average Bonchev–Trinajstić information content (AvgIpc) is 3.40. The monoisotopic (exact) mass is 619 g/mol. The molecule has 0 aliphatic carbocycles. The van der Waals surface area contributed by atoms with E-state index in [2.05, 4.69) is 15.2 Å². The molecule has 4 rings (SSSR count). The van der Waals surface area contributed by atoms with E-state index in [1.165, 1.54) is 48.0 Å². The predicted molar refractivity (Wildman–Crippen MR) is 139 cm³/mol. The van der Waals surface area contributed by atoms with Crippen LogP contribution in [0.2, 0.25) is 15.1 Å². The van der Waals surface area contributed by atoms with Crippen LogP contribution in [-0.2, 0) is 17.8 Å². The number of nitrogens with zero attached hydrogens (tertiary/aromatic N) is 6. The smallest absolute Gasteiger partial charge is 0.416 e. The van der Waals surface area contributed by atoms with Crippen LogP contribution in [-0.4, -0.2) is 52.6 Å². The molecule has 40 heavy (non-hydrogen) atoms. The quantitative estimate of drug-likeness (QED) is 0.298. The number of aliphatic hydroxyl groups is 1. The number of ether oxygens (including phenoxy) is 1. The first kappa shape index (κ1) is 29.4. The van der Waals surface area contributed by atoms with Crippen LogP contribution in [0.15, 0.2) is 47.3 Å². The lowest BCUT2D eigenvalue weighted by Crippen LogP contribution is -2.37. The zero-order valence-corrected chi connectivity index (χ0v) is 22.6. The highest BCUT2D eigenvalue weighted by molar-refractivity contribution is 6.37. The molecule has 0 bridgehead atoms. The first-order valence-electron chi connectivity index (χ1n) is 11.3. The first-order valence-corrected chi connectivity index (χ1v) is 12.4. The van der Waals surface area contributed by atoms with Crippen molar-refractivity contribution in [3.05, 3.63) is 79.7 Å². The van der Waals surface area contributed by atoms with Gasteiger partial charge in [0.2, 0.25) is 0 Å². The Morgan fingerprint density at radius 2 is 1.73 bits per heavy atom. The Balaban J connectivity index is 1.82. The van der Waals surface area contributed by atoms with Crippen molar-refractivity contribution < 1.29 is 27.8 Å². The fourth-order valence-corrected chi connectivity index (χ4v) is 4.40. The molecule has 2 aromatic heterocycles. The van der Waals surface area contributed by atoms with Gasteiger partial charge >= 0.3 is 18.0 Å². The normalized spacial score (nSPS) is 13.3. The molecule has 11 nitrogen and oxygen atoms in total. The number of aliphatic hydroxyl groups excluding tert-OH is 1. The molecule has 3 N–H and O–H groups in total. The maximum Gasteiger partial charge on any atom is 0.416 e. The van der Waals surface area contributed by atoms with E-state index < -0.39 is 43.3 Å². The summed E-state index contributed by atoms with van der Waals surface area (Å²) in [5, 5.41) is 18.9. The molecule has 1 amide bonds. The molecule has 0 radical (unpaired) electrons. The summed E-state index contributed by atoms with van der Waals surface area (Å²) in [6.07, 6.45) is -9.97. The third kappa shape index (κ3) is 6.25. The van der Waals surface area contributed by atoms with E-state index >= 15 is 0 Å². The van der Waals surface area contributed by atoms with Gasteiger partial charge in [-0.05, 0) is 43.3 Å². The number of alkyl halides is 3. The average molecular weight is 621 g/mol. The first-order chi connectivity index (χ1) is 18.8. The number of carbonyl (C=O) groups is 1. The Morgan fingerprint density at radius 3 is 2.30 bits per heavy atom. The number of rotatable bonds is 8. The van der Waals surface area contributed by atoms with Crippen LogP contribution < -0.4 is 11.4 Å². The molecular weight excluding hydrogens is 602 g/mol. The summed E-state index contributed by atoms with van der Waals surface area (Å²) in [6.45, 7) is -0.0934. The van der Waals surface area contributed by atoms with Gasteiger partial charge in [0.15, 0.2) is 29.7 Å². The predicted octanol–water partition coefficient (Wildman–Crippen LogP) is 4.38. The molecule has 17 heteroatoms. The highest BCUT2D eigenvalue weighted by Crippen LogP contribution is 2.31. The van der Waals surface area contributed by atoms with Gasteiger partial charge in [-0.25, -0.2) is 23.9 Å². The van der Waals surface area contributed by atoms with Crippen LogP contribution in [0.25, 0.3) is 17.1 Å². The second kappa shape index (κ2) is 11.5. The van der Waals surface area contributed by atoms with Crippen LogP contribution in [0.3, 0.4) is 0 Å². The lowest BCUT2D eigenvalue weighted by Gasteiger charge is -2.15. The van der Waals surface area contributed by atoms with Crippen molar-refractivity contribution in [2.45, 2.75) is 38.4 Å². The van der Waals surface area contributed by atoms with Gasteiger partial charge in [-0.15, -0.1) is 10.2 Å². The zero-order valence-electron chi connectivity index (χ0n) is 20.3. The van der Waals surface area contributed by atoms with Gasteiger partial charge in [0.05, 0.1) is 16.6 Å². The second-order valence-electron chi connectivity index (χ2n) is 8.39. The van der Waals surface area contributed by atoms with Crippen LogP contribution in [0.5, 0.6) is 0 Å². The molecule has 2 atom stereocenters. The summed E-state index contributed by atoms with van der Waals surface area (Å²) in [7, 11) is 0.